The number of nitrogens with one attached hydrogen (secondary N) is 1. The second kappa shape index (κ2) is 5.12. The first-order chi connectivity index (χ1) is 10.1. The molecule has 0 spiro atoms. The lowest BCUT2D eigenvalue weighted by molar-refractivity contribution is 0.0714. The first-order valence-corrected chi connectivity index (χ1v) is 8.99. The highest BCUT2D eigenvalue weighted by Crippen LogP contribution is 2.53. The van der Waals surface area contributed by atoms with Crippen molar-refractivity contribution in [3.05, 3.63) is 34.3 Å². The van der Waals surface area contributed by atoms with Crippen molar-refractivity contribution < 1.29 is 4.79 Å². The number of halogens is 1. The number of benzene rings is 1. The zero-order chi connectivity index (χ0) is 14.4. The second-order valence-electron chi connectivity index (χ2n) is 7.49. The van der Waals surface area contributed by atoms with Gasteiger partial charge in [0.25, 0.3) is 5.91 Å². The molecule has 2 nitrogen and oxygen atoms in total. The molecule has 1 aromatic carbocycles. The molecule has 3 heteroatoms. The molecule has 4 saturated carbocycles. The molecule has 0 saturated heterocycles. The molecule has 21 heavy (non-hydrogen) atoms. The zero-order valence-electron chi connectivity index (χ0n) is 12.3. The van der Waals surface area contributed by atoms with Crippen molar-refractivity contribution in [3.63, 3.8) is 0 Å². The van der Waals surface area contributed by atoms with E-state index in [2.05, 4.69) is 21.2 Å². The Morgan fingerprint density at radius 3 is 2.33 bits per heavy atom. The van der Waals surface area contributed by atoms with Gasteiger partial charge in [-0.2, -0.15) is 0 Å². The van der Waals surface area contributed by atoms with Gasteiger partial charge in [0, 0.05) is 15.6 Å². The summed E-state index contributed by atoms with van der Waals surface area (Å²) in [7, 11) is 0. The van der Waals surface area contributed by atoms with Gasteiger partial charge in [0.2, 0.25) is 0 Å². The van der Waals surface area contributed by atoms with Crippen LogP contribution in [0.15, 0.2) is 28.7 Å². The van der Waals surface area contributed by atoms with Crippen molar-refractivity contribution in [1.82, 2.24) is 5.32 Å². The van der Waals surface area contributed by atoms with E-state index in [1.807, 2.05) is 24.3 Å². The van der Waals surface area contributed by atoms with Crippen LogP contribution in [0.2, 0.25) is 0 Å². The first-order valence-electron chi connectivity index (χ1n) is 8.20. The molecule has 0 aliphatic heterocycles. The normalized spacial score (nSPS) is 37.3. The minimum absolute atomic E-state index is 0.0863. The summed E-state index contributed by atoms with van der Waals surface area (Å²) in [5.41, 5.74) is 0.870. The highest BCUT2D eigenvalue weighted by Gasteiger charge is 2.48. The van der Waals surface area contributed by atoms with Gasteiger partial charge in [0.15, 0.2) is 0 Å². The molecule has 1 amide bonds. The summed E-state index contributed by atoms with van der Waals surface area (Å²) in [5, 5.41) is 3.44. The van der Waals surface area contributed by atoms with Crippen LogP contribution in [0, 0.1) is 17.8 Å². The molecular formula is C18H22BrNO. The molecule has 112 valence electrons. The van der Waals surface area contributed by atoms with E-state index in [0.717, 1.165) is 27.8 Å². The Bertz CT molecular complexity index is 539. The Morgan fingerprint density at radius 1 is 1.05 bits per heavy atom. The van der Waals surface area contributed by atoms with Crippen molar-refractivity contribution in [2.24, 2.45) is 17.8 Å². The highest BCUT2D eigenvalue weighted by atomic mass is 79.9. The largest absolute Gasteiger partial charge is 0.347 e. The standard InChI is InChI=1S/C18H22BrNO/c19-16-3-1-15(2-4-16)17(21)20-18-6-5-12-7-13(10-18)9-14(8-12)11-18/h1-4,12-14H,5-11H2,(H,20,21)/t12?,13-,14-,18?/m1/s1. The fourth-order valence-corrected chi connectivity index (χ4v) is 5.49. The quantitative estimate of drug-likeness (QED) is 0.835. The van der Waals surface area contributed by atoms with Gasteiger partial charge in [0.1, 0.15) is 0 Å². The van der Waals surface area contributed by atoms with E-state index >= 15 is 0 Å². The van der Waals surface area contributed by atoms with Crippen LogP contribution in [0.25, 0.3) is 0 Å². The van der Waals surface area contributed by atoms with Crippen molar-refractivity contribution in [3.8, 4) is 0 Å². The lowest BCUT2D eigenvalue weighted by Crippen LogP contribution is -2.52. The zero-order valence-corrected chi connectivity index (χ0v) is 13.9. The van der Waals surface area contributed by atoms with E-state index in [0.29, 0.717) is 0 Å². The first kappa shape index (κ1) is 13.8. The number of carbonyl (C=O) groups excluding carboxylic acids is 1. The topological polar surface area (TPSA) is 29.1 Å². The fraction of sp³-hybridized carbons (Fsp3) is 0.611. The third-order valence-electron chi connectivity index (χ3n) is 5.88. The van der Waals surface area contributed by atoms with Crippen molar-refractivity contribution in [2.45, 2.75) is 50.5 Å². The summed E-state index contributed by atoms with van der Waals surface area (Å²) in [6.45, 7) is 0. The number of hydrogen-bond acceptors (Lipinski definition) is 1. The predicted molar refractivity (Wildman–Crippen MR) is 87.1 cm³/mol. The Balaban J connectivity index is 1.55. The number of hydrogen-bond donors (Lipinski definition) is 1. The smallest absolute Gasteiger partial charge is 0.251 e. The number of carbonyl (C=O) groups is 1. The minimum Gasteiger partial charge on any atom is -0.347 e. The molecular weight excluding hydrogens is 326 g/mol. The highest BCUT2D eigenvalue weighted by molar-refractivity contribution is 9.10. The SMILES string of the molecule is O=C(NC12CCC3C[C@H](C[C@@H](C3)C1)C2)c1ccc(Br)cc1. The van der Waals surface area contributed by atoms with Crippen LogP contribution in [0.4, 0.5) is 0 Å². The Kier molecular flexibility index (Phi) is 3.36. The molecule has 0 unspecified atom stereocenters. The molecule has 4 fully saturated rings. The van der Waals surface area contributed by atoms with Gasteiger partial charge in [-0.15, -0.1) is 0 Å². The van der Waals surface area contributed by atoms with Crippen molar-refractivity contribution in [2.75, 3.05) is 0 Å². The van der Waals surface area contributed by atoms with E-state index in [9.17, 15) is 4.79 Å². The molecule has 5 rings (SSSR count). The van der Waals surface area contributed by atoms with Gasteiger partial charge in [0.05, 0.1) is 0 Å². The third-order valence-corrected chi connectivity index (χ3v) is 6.40. The lowest BCUT2D eigenvalue weighted by Gasteiger charge is -2.45. The predicted octanol–water partition coefficient (Wildman–Crippen LogP) is 4.54. The average molecular weight is 348 g/mol. The van der Waals surface area contributed by atoms with Crippen molar-refractivity contribution >= 4 is 21.8 Å². The number of amides is 1. The maximum atomic E-state index is 12.6. The maximum Gasteiger partial charge on any atom is 0.251 e. The monoisotopic (exact) mass is 347 g/mol. The molecule has 0 aromatic heterocycles. The van der Waals surface area contributed by atoms with E-state index in [4.69, 9.17) is 0 Å². The summed E-state index contributed by atoms with van der Waals surface area (Å²) in [5.74, 6) is 2.76. The van der Waals surface area contributed by atoms with Crippen molar-refractivity contribution in [1.29, 1.82) is 0 Å². The summed E-state index contributed by atoms with van der Waals surface area (Å²) < 4.78 is 1.02. The Hall–Kier alpha value is -0.830. The number of rotatable bonds is 2. The molecule has 0 heterocycles. The Morgan fingerprint density at radius 2 is 1.67 bits per heavy atom. The summed E-state index contributed by atoms with van der Waals surface area (Å²) in [4.78, 5) is 12.6. The molecule has 1 N–H and O–H groups in total. The van der Waals surface area contributed by atoms with Gasteiger partial charge in [-0.1, -0.05) is 15.9 Å². The molecule has 4 aliphatic carbocycles. The van der Waals surface area contributed by atoms with E-state index < -0.39 is 0 Å². The Labute approximate surface area is 134 Å². The van der Waals surface area contributed by atoms with Gasteiger partial charge < -0.3 is 5.32 Å². The van der Waals surface area contributed by atoms with Gasteiger partial charge in [-0.3, -0.25) is 4.79 Å². The molecule has 4 aliphatic rings. The summed E-state index contributed by atoms with van der Waals surface area (Å²) in [6.07, 6.45) is 9.15. The molecule has 4 bridgehead atoms. The minimum atomic E-state index is 0.0863. The van der Waals surface area contributed by atoms with E-state index in [1.54, 1.807) is 0 Å². The molecule has 0 radical (unpaired) electrons. The molecule has 2 atom stereocenters. The van der Waals surface area contributed by atoms with Crippen LogP contribution < -0.4 is 5.32 Å². The van der Waals surface area contributed by atoms with Gasteiger partial charge in [-0.05, 0) is 87.0 Å². The van der Waals surface area contributed by atoms with Crippen LogP contribution in [0.1, 0.15) is 55.3 Å². The second-order valence-corrected chi connectivity index (χ2v) is 8.41. The van der Waals surface area contributed by atoms with Gasteiger partial charge in [-0.25, -0.2) is 0 Å². The summed E-state index contributed by atoms with van der Waals surface area (Å²) >= 11 is 3.43. The fourth-order valence-electron chi connectivity index (χ4n) is 5.22. The maximum absolute atomic E-state index is 12.6. The van der Waals surface area contributed by atoms with E-state index in [-0.39, 0.29) is 11.4 Å². The molecule has 1 aromatic rings. The van der Waals surface area contributed by atoms with Crippen LogP contribution >= 0.6 is 15.9 Å². The third kappa shape index (κ3) is 2.65. The van der Waals surface area contributed by atoms with Crippen LogP contribution in [0.5, 0.6) is 0 Å². The van der Waals surface area contributed by atoms with E-state index in [1.165, 1.54) is 44.9 Å². The van der Waals surface area contributed by atoms with Crippen LogP contribution in [-0.4, -0.2) is 11.4 Å². The van der Waals surface area contributed by atoms with Crippen LogP contribution in [-0.2, 0) is 0 Å². The van der Waals surface area contributed by atoms with Crippen LogP contribution in [0.3, 0.4) is 0 Å². The van der Waals surface area contributed by atoms with Gasteiger partial charge >= 0.3 is 0 Å². The summed E-state index contributed by atoms with van der Waals surface area (Å²) in [6, 6.07) is 7.71. The lowest BCUT2D eigenvalue weighted by atomic mass is 9.65. The number of fused-ring (bicyclic) bond motifs is 1. The average Bonchev–Trinajstić information content (AvgIpc) is 2.63.